The van der Waals surface area contributed by atoms with E-state index in [9.17, 15) is 9.59 Å². The summed E-state index contributed by atoms with van der Waals surface area (Å²) in [6.45, 7) is 5.74. The quantitative estimate of drug-likeness (QED) is 0.748. The summed E-state index contributed by atoms with van der Waals surface area (Å²) in [7, 11) is 1.59. The number of carbonyl (C=O) groups is 2. The van der Waals surface area contributed by atoms with Crippen molar-refractivity contribution in [1.82, 2.24) is 4.90 Å². The van der Waals surface area contributed by atoms with Crippen molar-refractivity contribution in [2.45, 2.75) is 64.6 Å². The predicted molar refractivity (Wildman–Crippen MR) is 102 cm³/mol. The van der Waals surface area contributed by atoms with Crippen LogP contribution in [-0.2, 0) is 20.7 Å². The van der Waals surface area contributed by atoms with Crippen LogP contribution in [0.15, 0.2) is 28.9 Å². The van der Waals surface area contributed by atoms with Gasteiger partial charge in [-0.1, -0.05) is 0 Å². The molecule has 3 atom stereocenters. The van der Waals surface area contributed by atoms with E-state index in [1.54, 1.807) is 26.4 Å². The number of hydrogen-bond donors (Lipinski definition) is 0. The molecule has 146 valence electrons. The largest absolute Gasteiger partial charge is 0.497 e. The molecule has 1 aliphatic heterocycles. The molecule has 2 heterocycles. The van der Waals surface area contributed by atoms with E-state index in [1.165, 1.54) is 0 Å². The summed E-state index contributed by atoms with van der Waals surface area (Å²) < 4.78 is 16.1. The molecular formula is C21H27NO5. The number of hydrogen-bond acceptors (Lipinski definition) is 5. The Kier molecular flexibility index (Phi) is 5.73. The van der Waals surface area contributed by atoms with E-state index in [0.717, 1.165) is 30.2 Å². The van der Waals surface area contributed by atoms with Gasteiger partial charge < -0.3 is 18.8 Å². The highest BCUT2D eigenvalue weighted by molar-refractivity contribution is 5.88. The Morgan fingerprint density at radius 3 is 2.63 bits per heavy atom. The molecule has 0 bridgehead atoms. The number of esters is 1. The van der Waals surface area contributed by atoms with Crippen LogP contribution in [0.4, 0.5) is 0 Å². The average Bonchev–Trinajstić information content (AvgIpc) is 3.03. The number of likely N-dealkylation sites (tertiary alicyclic amines) is 1. The fourth-order valence-electron chi connectivity index (χ4n) is 3.84. The van der Waals surface area contributed by atoms with Gasteiger partial charge in [0.25, 0.3) is 5.91 Å². The van der Waals surface area contributed by atoms with Gasteiger partial charge in [-0.25, -0.2) is 0 Å². The van der Waals surface area contributed by atoms with Crippen LogP contribution in [0.2, 0.25) is 0 Å². The molecule has 27 heavy (non-hydrogen) atoms. The zero-order chi connectivity index (χ0) is 19.6. The first kappa shape index (κ1) is 19.3. The molecule has 0 N–H and O–H groups in total. The second-order valence-corrected chi connectivity index (χ2v) is 7.31. The molecule has 1 amide bonds. The third-order valence-electron chi connectivity index (χ3n) is 5.30. The van der Waals surface area contributed by atoms with Crippen molar-refractivity contribution in [3.8, 4) is 5.75 Å². The third-order valence-corrected chi connectivity index (χ3v) is 5.30. The lowest BCUT2D eigenvalue weighted by atomic mass is 9.97. The fraction of sp³-hybridized carbons (Fsp3) is 0.524. The molecule has 0 spiro atoms. The highest BCUT2D eigenvalue weighted by Crippen LogP contribution is 2.27. The summed E-state index contributed by atoms with van der Waals surface area (Å²) in [6.07, 6.45) is 3.91. The summed E-state index contributed by atoms with van der Waals surface area (Å²) in [5, 5.41) is 0.838. The maximum absolute atomic E-state index is 12.8. The van der Waals surface area contributed by atoms with Crippen molar-refractivity contribution in [3.63, 3.8) is 0 Å². The van der Waals surface area contributed by atoms with Gasteiger partial charge in [0, 0.05) is 29.1 Å². The number of ether oxygens (including phenoxy) is 2. The van der Waals surface area contributed by atoms with Gasteiger partial charge in [-0.3, -0.25) is 9.59 Å². The normalized spacial score (nSPS) is 21.1. The van der Waals surface area contributed by atoms with E-state index >= 15 is 0 Å². The topological polar surface area (TPSA) is 69.0 Å². The minimum atomic E-state index is -0.793. The van der Waals surface area contributed by atoms with Crippen molar-refractivity contribution >= 4 is 22.8 Å². The van der Waals surface area contributed by atoms with Gasteiger partial charge in [0.1, 0.15) is 11.3 Å². The molecule has 6 nitrogen and oxygen atoms in total. The number of fused-ring (bicyclic) bond motifs is 1. The second-order valence-electron chi connectivity index (χ2n) is 7.31. The summed E-state index contributed by atoms with van der Waals surface area (Å²) >= 11 is 0. The van der Waals surface area contributed by atoms with Crippen molar-refractivity contribution in [2.75, 3.05) is 7.11 Å². The Hall–Kier alpha value is -2.50. The zero-order valence-corrected chi connectivity index (χ0v) is 16.4. The molecule has 1 saturated heterocycles. The summed E-state index contributed by atoms with van der Waals surface area (Å²) in [5.74, 6) is 0.131. The number of amides is 1. The third kappa shape index (κ3) is 4.10. The lowest BCUT2D eigenvalue weighted by Gasteiger charge is -2.40. The van der Waals surface area contributed by atoms with Crippen LogP contribution in [0.3, 0.4) is 0 Å². The molecule has 1 aromatic heterocycles. The molecule has 0 saturated carbocycles. The molecule has 1 aromatic carbocycles. The van der Waals surface area contributed by atoms with Crippen molar-refractivity contribution in [1.29, 1.82) is 0 Å². The Bertz CT molecular complexity index is 817. The number of carbonyl (C=O) groups excluding carboxylic acids is 2. The van der Waals surface area contributed by atoms with Crippen molar-refractivity contribution in [2.24, 2.45) is 0 Å². The van der Waals surface area contributed by atoms with Gasteiger partial charge in [0.15, 0.2) is 6.10 Å². The summed E-state index contributed by atoms with van der Waals surface area (Å²) in [5.41, 5.74) is 1.38. The van der Waals surface area contributed by atoms with Crippen LogP contribution >= 0.6 is 0 Å². The molecule has 3 rings (SSSR count). The van der Waals surface area contributed by atoms with Gasteiger partial charge in [0.05, 0.1) is 19.8 Å². The van der Waals surface area contributed by atoms with Crippen LogP contribution in [-0.4, -0.2) is 42.1 Å². The number of rotatable bonds is 5. The molecule has 1 aliphatic rings. The van der Waals surface area contributed by atoms with Gasteiger partial charge >= 0.3 is 5.97 Å². The molecule has 6 heteroatoms. The summed E-state index contributed by atoms with van der Waals surface area (Å²) in [4.78, 5) is 27.0. The van der Waals surface area contributed by atoms with E-state index in [2.05, 4.69) is 0 Å². The van der Waals surface area contributed by atoms with Crippen molar-refractivity contribution in [3.05, 3.63) is 30.0 Å². The molecule has 2 aromatic rings. The van der Waals surface area contributed by atoms with Gasteiger partial charge in [-0.15, -0.1) is 0 Å². The Labute approximate surface area is 159 Å². The highest BCUT2D eigenvalue weighted by Gasteiger charge is 2.33. The number of benzene rings is 1. The highest BCUT2D eigenvalue weighted by atomic mass is 16.5. The minimum absolute atomic E-state index is 0.0576. The first-order chi connectivity index (χ1) is 12.9. The van der Waals surface area contributed by atoms with Crippen LogP contribution in [0.25, 0.3) is 11.0 Å². The van der Waals surface area contributed by atoms with E-state index in [-0.39, 0.29) is 24.4 Å². The smallest absolute Gasteiger partial charge is 0.311 e. The Balaban J connectivity index is 1.64. The first-order valence-electron chi connectivity index (χ1n) is 9.46. The van der Waals surface area contributed by atoms with Gasteiger partial charge in [-0.05, 0) is 52.2 Å². The SMILES string of the molecule is COc1ccc2c(CC(=O)O[C@H](C)C(=O)N3[C@@H](C)CCC[C@@H]3C)coc2c1. The lowest BCUT2D eigenvalue weighted by molar-refractivity contribution is -0.161. The second kappa shape index (κ2) is 8.03. The minimum Gasteiger partial charge on any atom is -0.497 e. The Morgan fingerprint density at radius 2 is 1.96 bits per heavy atom. The van der Waals surface area contributed by atoms with E-state index in [1.807, 2.05) is 30.9 Å². The average molecular weight is 373 g/mol. The molecule has 1 fully saturated rings. The standard InChI is InChI=1S/C21H27NO5/c1-13-6-5-7-14(2)22(13)21(24)15(3)27-20(23)10-16-12-26-19-11-17(25-4)8-9-18(16)19/h8-9,11-15H,5-7,10H2,1-4H3/t13-,14-,15+/m0/s1. The molecular weight excluding hydrogens is 346 g/mol. The van der Waals surface area contributed by atoms with E-state index in [4.69, 9.17) is 13.9 Å². The first-order valence-corrected chi connectivity index (χ1v) is 9.46. The maximum atomic E-state index is 12.8. The van der Waals surface area contributed by atoms with Crippen LogP contribution in [0, 0.1) is 0 Å². The number of nitrogens with zero attached hydrogens (tertiary/aromatic N) is 1. The van der Waals surface area contributed by atoms with Crippen LogP contribution in [0.1, 0.15) is 45.6 Å². The fourth-order valence-corrected chi connectivity index (χ4v) is 3.84. The molecule has 0 unspecified atom stereocenters. The predicted octanol–water partition coefficient (Wildman–Crippen LogP) is 3.71. The Morgan fingerprint density at radius 1 is 1.26 bits per heavy atom. The van der Waals surface area contributed by atoms with E-state index in [0.29, 0.717) is 11.3 Å². The number of piperidine rings is 1. The van der Waals surface area contributed by atoms with Crippen molar-refractivity contribution < 1.29 is 23.5 Å². The molecule has 0 radical (unpaired) electrons. The number of furan rings is 1. The zero-order valence-electron chi connectivity index (χ0n) is 16.4. The monoisotopic (exact) mass is 373 g/mol. The van der Waals surface area contributed by atoms with Crippen LogP contribution < -0.4 is 4.74 Å². The van der Waals surface area contributed by atoms with Gasteiger partial charge in [-0.2, -0.15) is 0 Å². The maximum Gasteiger partial charge on any atom is 0.311 e. The number of methoxy groups -OCH3 is 1. The lowest BCUT2D eigenvalue weighted by Crippen LogP contribution is -2.51. The molecule has 0 aliphatic carbocycles. The van der Waals surface area contributed by atoms with Crippen LogP contribution in [0.5, 0.6) is 5.75 Å². The van der Waals surface area contributed by atoms with Gasteiger partial charge in [0.2, 0.25) is 0 Å². The van der Waals surface area contributed by atoms with E-state index < -0.39 is 12.1 Å². The summed E-state index contributed by atoms with van der Waals surface area (Å²) in [6, 6.07) is 5.80.